The highest BCUT2D eigenvalue weighted by Gasteiger charge is 2.29. The average molecular weight is 351 g/mol. The number of rotatable bonds is 4. The molecule has 2 fully saturated rings. The fourth-order valence-corrected chi connectivity index (χ4v) is 4.24. The molecule has 2 aliphatic rings. The molecule has 1 aliphatic carbocycles. The number of amides is 1. The van der Waals surface area contributed by atoms with Gasteiger partial charge in [0.25, 0.3) is 5.91 Å². The molecule has 1 aromatic rings. The fourth-order valence-electron chi connectivity index (χ4n) is 2.91. The topological polar surface area (TPSA) is 69.7 Å². The van der Waals surface area contributed by atoms with E-state index in [1.165, 1.54) is 6.07 Å². The second kappa shape index (κ2) is 6.82. The van der Waals surface area contributed by atoms with E-state index < -0.39 is 10.0 Å². The third-order valence-corrected chi connectivity index (χ3v) is 6.17. The number of carbonyl (C=O) groups is 1. The molecule has 3 rings (SSSR count). The minimum atomic E-state index is -3.55. The highest BCUT2D eigenvalue weighted by molar-refractivity contribution is 7.89. The van der Waals surface area contributed by atoms with Gasteiger partial charge < -0.3 is 9.80 Å². The van der Waals surface area contributed by atoms with Crippen molar-refractivity contribution in [3.05, 3.63) is 29.3 Å². The number of hydrogen-bond acceptors (Lipinski definition) is 4. The van der Waals surface area contributed by atoms with E-state index in [4.69, 9.17) is 0 Å². The Balaban J connectivity index is 1.84. The van der Waals surface area contributed by atoms with Gasteiger partial charge in [-0.05, 0) is 57.5 Å². The molecule has 0 aromatic heterocycles. The Labute approximate surface area is 143 Å². The molecule has 1 saturated carbocycles. The SMILES string of the molecule is Cc1ccc(S(=O)(=O)NC2CC2)cc1C(=O)N1CCCN(C)CC1. The summed E-state index contributed by atoms with van der Waals surface area (Å²) in [5.41, 5.74) is 1.29. The molecule has 1 aliphatic heterocycles. The monoisotopic (exact) mass is 351 g/mol. The van der Waals surface area contributed by atoms with E-state index in [9.17, 15) is 13.2 Å². The van der Waals surface area contributed by atoms with Crippen molar-refractivity contribution in [1.82, 2.24) is 14.5 Å². The molecule has 0 radical (unpaired) electrons. The summed E-state index contributed by atoms with van der Waals surface area (Å²) in [5, 5.41) is 0. The van der Waals surface area contributed by atoms with E-state index >= 15 is 0 Å². The quantitative estimate of drug-likeness (QED) is 0.885. The van der Waals surface area contributed by atoms with Gasteiger partial charge >= 0.3 is 0 Å². The number of carbonyl (C=O) groups excluding carboxylic acids is 1. The second-order valence-electron chi connectivity index (χ2n) is 6.82. The number of hydrogen-bond donors (Lipinski definition) is 1. The Morgan fingerprint density at radius 2 is 1.92 bits per heavy atom. The summed E-state index contributed by atoms with van der Waals surface area (Å²) in [6, 6.07) is 4.87. The van der Waals surface area contributed by atoms with Crippen LogP contribution in [0.1, 0.15) is 35.2 Å². The largest absolute Gasteiger partial charge is 0.337 e. The first kappa shape index (κ1) is 17.4. The van der Waals surface area contributed by atoms with Crippen molar-refractivity contribution in [3.63, 3.8) is 0 Å². The number of nitrogens with one attached hydrogen (secondary N) is 1. The fraction of sp³-hybridized carbons (Fsp3) is 0.588. The molecule has 132 valence electrons. The van der Waals surface area contributed by atoms with Crippen molar-refractivity contribution >= 4 is 15.9 Å². The van der Waals surface area contributed by atoms with E-state index in [0.29, 0.717) is 18.7 Å². The van der Waals surface area contributed by atoms with E-state index in [0.717, 1.165) is 37.9 Å². The minimum Gasteiger partial charge on any atom is -0.337 e. The summed E-state index contributed by atoms with van der Waals surface area (Å²) >= 11 is 0. The van der Waals surface area contributed by atoms with Crippen LogP contribution < -0.4 is 4.72 Å². The number of likely N-dealkylation sites (N-methyl/N-ethyl adjacent to an activating group) is 1. The summed E-state index contributed by atoms with van der Waals surface area (Å²) in [4.78, 5) is 17.1. The first-order valence-electron chi connectivity index (χ1n) is 8.47. The van der Waals surface area contributed by atoms with E-state index in [2.05, 4.69) is 16.7 Å². The lowest BCUT2D eigenvalue weighted by Gasteiger charge is -2.22. The first-order valence-corrected chi connectivity index (χ1v) is 9.96. The van der Waals surface area contributed by atoms with Crippen LogP contribution in [0.15, 0.2) is 23.1 Å². The van der Waals surface area contributed by atoms with Crippen LogP contribution in [0, 0.1) is 6.92 Å². The average Bonchev–Trinajstić information content (AvgIpc) is 3.34. The van der Waals surface area contributed by atoms with Crippen molar-refractivity contribution in [2.24, 2.45) is 0 Å². The Morgan fingerprint density at radius 1 is 1.17 bits per heavy atom. The van der Waals surface area contributed by atoms with Gasteiger partial charge in [-0.1, -0.05) is 6.07 Å². The minimum absolute atomic E-state index is 0.0524. The van der Waals surface area contributed by atoms with Crippen LogP contribution in [0.5, 0.6) is 0 Å². The van der Waals surface area contributed by atoms with Crippen molar-refractivity contribution in [2.45, 2.75) is 37.1 Å². The van der Waals surface area contributed by atoms with Gasteiger partial charge in [0.1, 0.15) is 0 Å². The van der Waals surface area contributed by atoms with Crippen LogP contribution in [-0.4, -0.2) is 63.4 Å². The third kappa shape index (κ3) is 3.96. The number of aryl methyl sites for hydroxylation is 1. The lowest BCUT2D eigenvalue weighted by molar-refractivity contribution is 0.0762. The molecule has 0 atom stereocenters. The molecule has 0 unspecified atom stereocenters. The molecule has 0 spiro atoms. The van der Waals surface area contributed by atoms with Crippen molar-refractivity contribution in [3.8, 4) is 0 Å². The number of benzene rings is 1. The Hall–Kier alpha value is -1.44. The summed E-state index contributed by atoms with van der Waals surface area (Å²) in [6.45, 7) is 5.04. The predicted molar refractivity (Wildman–Crippen MR) is 92.5 cm³/mol. The maximum absolute atomic E-state index is 12.9. The summed E-state index contributed by atoms with van der Waals surface area (Å²) in [5.74, 6) is -0.0775. The van der Waals surface area contributed by atoms with Crippen LogP contribution in [0.2, 0.25) is 0 Å². The van der Waals surface area contributed by atoms with Crippen LogP contribution in [0.4, 0.5) is 0 Å². The van der Waals surface area contributed by atoms with Crippen LogP contribution in [-0.2, 0) is 10.0 Å². The molecule has 24 heavy (non-hydrogen) atoms. The lowest BCUT2D eigenvalue weighted by Crippen LogP contribution is -2.35. The lowest BCUT2D eigenvalue weighted by atomic mass is 10.1. The van der Waals surface area contributed by atoms with Gasteiger partial charge in [-0.25, -0.2) is 13.1 Å². The van der Waals surface area contributed by atoms with Crippen molar-refractivity contribution in [2.75, 3.05) is 33.2 Å². The zero-order valence-electron chi connectivity index (χ0n) is 14.3. The molecule has 6 nitrogen and oxygen atoms in total. The van der Waals surface area contributed by atoms with Crippen LogP contribution in [0.3, 0.4) is 0 Å². The summed E-state index contributed by atoms with van der Waals surface area (Å²) in [6.07, 6.45) is 2.71. The van der Waals surface area contributed by atoms with E-state index in [1.807, 2.05) is 11.8 Å². The van der Waals surface area contributed by atoms with Gasteiger partial charge in [0.15, 0.2) is 0 Å². The highest BCUT2D eigenvalue weighted by Crippen LogP contribution is 2.24. The Kier molecular flexibility index (Phi) is 4.94. The van der Waals surface area contributed by atoms with E-state index in [-0.39, 0.29) is 16.8 Å². The first-order chi connectivity index (χ1) is 11.4. The van der Waals surface area contributed by atoms with Crippen molar-refractivity contribution < 1.29 is 13.2 Å². The molecular formula is C17H25N3O3S. The third-order valence-electron chi connectivity index (χ3n) is 4.66. The molecule has 0 bridgehead atoms. The maximum Gasteiger partial charge on any atom is 0.254 e. The van der Waals surface area contributed by atoms with Gasteiger partial charge in [-0.3, -0.25) is 4.79 Å². The Bertz CT molecular complexity index is 729. The van der Waals surface area contributed by atoms with Crippen LogP contribution >= 0.6 is 0 Å². The number of sulfonamides is 1. The Morgan fingerprint density at radius 3 is 2.62 bits per heavy atom. The number of nitrogens with zero attached hydrogens (tertiary/aromatic N) is 2. The molecular weight excluding hydrogens is 326 g/mol. The second-order valence-corrected chi connectivity index (χ2v) is 8.54. The van der Waals surface area contributed by atoms with Gasteiger partial charge in [0.2, 0.25) is 10.0 Å². The standard InChI is InChI=1S/C17H25N3O3S/c1-13-4-7-15(24(22,23)18-14-5-6-14)12-16(13)17(21)20-9-3-8-19(2)10-11-20/h4,7,12,14,18H,3,5-6,8-11H2,1-2H3. The zero-order chi connectivity index (χ0) is 17.3. The highest BCUT2D eigenvalue weighted by atomic mass is 32.2. The zero-order valence-corrected chi connectivity index (χ0v) is 15.1. The van der Waals surface area contributed by atoms with Gasteiger partial charge in [-0.15, -0.1) is 0 Å². The predicted octanol–water partition coefficient (Wildman–Crippen LogP) is 1.21. The van der Waals surface area contributed by atoms with E-state index in [1.54, 1.807) is 12.1 Å². The van der Waals surface area contributed by atoms with Gasteiger partial charge in [0, 0.05) is 31.2 Å². The molecule has 1 saturated heterocycles. The van der Waals surface area contributed by atoms with Crippen LogP contribution in [0.25, 0.3) is 0 Å². The van der Waals surface area contributed by atoms with Gasteiger partial charge in [0.05, 0.1) is 4.90 Å². The molecule has 1 heterocycles. The summed E-state index contributed by atoms with van der Waals surface area (Å²) in [7, 11) is -1.49. The molecule has 1 amide bonds. The molecule has 1 aromatic carbocycles. The summed E-state index contributed by atoms with van der Waals surface area (Å²) < 4.78 is 27.5. The van der Waals surface area contributed by atoms with Gasteiger partial charge in [-0.2, -0.15) is 0 Å². The maximum atomic E-state index is 12.9. The normalized spacial score (nSPS) is 20.0. The molecule has 1 N–H and O–H groups in total. The van der Waals surface area contributed by atoms with Crippen molar-refractivity contribution in [1.29, 1.82) is 0 Å². The smallest absolute Gasteiger partial charge is 0.254 e. The molecule has 7 heteroatoms.